The molecule has 0 heterocycles. The Morgan fingerprint density at radius 3 is 0.798 bits per heavy atom. The highest BCUT2D eigenvalue weighted by Gasteiger charge is 2.30. The number of esters is 4. The predicted molar refractivity (Wildman–Crippen MR) is 358 cm³/mol. The maximum atomic E-state index is 13.0. The van der Waals surface area contributed by atoms with Gasteiger partial charge >= 0.3 is 39.5 Å². The Morgan fingerprint density at radius 1 is 0.315 bits per heavy atom. The molecule has 0 spiro atoms. The first-order valence-electron chi connectivity index (χ1n) is 36.3. The van der Waals surface area contributed by atoms with Crippen molar-refractivity contribution in [1.82, 2.24) is 0 Å². The van der Waals surface area contributed by atoms with E-state index in [2.05, 4.69) is 55.4 Å². The van der Waals surface area contributed by atoms with Crippen molar-refractivity contribution in [3.05, 3.63) is 0 Å². The van der Waals surface area contributed by atoms with Gasteiger partial charge in [0.15, 0.2) is 12.2 Å². The van der Waals surface area contributed by atoms with E-state index < -0.39 is 97.5 Å². The molecule has 528 valence electrons. The van der Waals surface area contributed by atoms with Crippen molar-refractivity contribution in [2.24, 2.45) is 23.7 Å². The lowest BCUT2D eigenvalue weighted by molar-refractivity contribution is -0.161. The number of ether oxygens (including phenoxy) is 4. The van der Waals surface area contributed by atoms with Gasteiger partial charge in [0.2, 0.25) is 0 Å². The molecule has 0 aliphatic rings. The summed E-state index contributed by atoms with van der Waals surface area (Å²) in [6.45, 7) is 14.1. The smallest absolute Gasteiger partial charge is 0.462 e. The average molecular weight is 1310 g/mol. The van der Waals surface area contributed by atoms with Crippen LogP contribution >= 0.6 is 15.6 Å². The molecule has 19 heteroatoms. The highest BCUT2D eigenvalue weighted by Crippen LogP contribution is 2.45. The van der Waals surface area contributed by atoms with E-state index in [1.165, 1.54) is 141 Å². The fraction of sp³-hybridized carbons (Fsp3) is 0.943. The highest BCUT2D eigenvalue weighted by molar-refractivity contribution is 7.47. The summed E-state index contributed by atoms with van der Waals surface area (Å²) >= 11 is 0. The molecule has 0 aromatic heterocycles. The molecule has 0 rings (SSSR count). The summed E-state index contributed by atoms with van der Waals surface area (Å²) in [5.74, 6) is 0.892. The maximum absolute atomic E-state index is 13.0. The molecule has 89 heavy (non-hydrogen) atoms. The Bertz CT molecular complexity index is 1770. The van der Waals surface area contributed by atoms with Crippen molar-refractivity contribution in [2.75, 3.05) is 39.6 Å². The van der Waals surface area contributed by atoms with Crippen molar-refractivity contribution in [2.45, 2.75) is 363 Å². The van der Waals surface area contributed by atoms with E-state index in [1.807, 2.05) is 0 Å². The quantitative estimate of drug-likeness (QED) is 0.0222. The number of carbonyl (C=O) groups is 4. The molecule has 0 amide bonds. The summed E-state index contributed by atoms with van der Waals surface area (Å²) in [7, 11) is -9.90. The number of phosphoric acid groups is 2. The number of aliphatic hydroxyl groups excluding tert-OH is 1. The minimum absolute atomic E-state index is 0.103. The number of hydrogen-bond acceptors (Lipinski definition) is 15. The molecule has 0 aromatic carbocycles. The second-order valence-corrected chi connectivity index (χ2v) is 29.6. The van der Waals surface area contributed by atoms with Gasteiger partial charge in [0.25, 0.3) is 0 Å². The zero-order valence-electron chi connectivity index (χ0n) is 58.1. The van der Waals surface area contributed by atoms with Crippen LogP contribution in [0.2, 0.25) is 0 Å². The third-order valence-corrected chi connectivity index (χ3v) is 18.7. The molecule has 0 aromatic rings. The standard InChI is InChI=1S/C70H136O17P2/c1-9-62(7)48-40-32-24-17-14-15-19-26-36-44-52-69(74)86-65(56-80-67(72)50-42-34-25-18-13-11-12-16-22-30-38-46-60(3)4)58-84-88(76,77)82-54-64(71)55-83-89(78,79)85-59-66(57-81-68(73)51-43-35-29-28-33-41-49-63(8)10-2)87-70(75)53-45-37-27-21-20-23-31-39-47-61(5)6/h60-66,71H,9-59H2,1-8H3,(H,76,77)(H,78,79)/t62?,63?,64-,65-,66-/m1/s1. The summed E-state index contributed by atoms with van der Waals surface area (Å²) < 4.78 is 68.3. The summed E-state index contributed by atoms with van der Waals surface area (Å²) in [5, 5.41) is 10.6. The lowest BCUT2D eigenvalue weighted by Gasteiger charge is -2.21. The number of aliphatic hydroxyl groups is 1. The zero-order chi connectivity index (χ0) is 66.1. The molecule has 0 saturated heterocycles. The van der Waals surface area contributed by atoms with Crippen molar-refractivity contribution in [1.29, 1.82) is 0 Å². The Kier molecular flexibility index (Phi) is 58.5. The Morgan fingerprint density at radius 2 is 0.539 bits per heavy atom. The second kappa shape index (κ2) is 59.8. The van der Waals surface area contributed by atoms with E-state index in [4.69, 9.17) is 37.0 Å². The van der Waals surface area contributed by atoms with Crippen LogP contribution in [0.5, 0.6) is 0 Å². The van der Waals surface area contributed by atoms with Gasteiger partial charge in [-0.25, -0.2) is 9.13 Å². The van der Waals surface area contributed by atoms with Crippen molar-refractivity contribution in [3.8, 4) is 0 Å². The van der Waals surface area contributed by atoms with Gasteiger partial charge in [-0.1, -0.05) is 293 Å². The molecule has 4 unspecified atom stereocenters. The molecule has 7 atom stereocenters. The van der Waals surface area contributed by atoms with Crippen LogP contribution in [0.4, 0.5) is 0 Å². The van der Waals surface area contributed by atoms with Gasteiger partial charge in [-0.05, 0) is 49.4 Å². The van der Waals surface area contributed by atoms with Gasteiger partial charge in [-0.15, -0.1) is 0 Å². The number of hydrogen-bond donors (Lipinski definition) is 3. The molecule has 0 fully saturated rings. The van der Waals surface area contributed by atoms with E-state index in [-0.39, 0.29) is 25.7 Å². The van der Waals surface area contributed by atoms with Crippen LogP contribution in [0.25, 0.3) is 0 Å². The van der Waals surface area contributed by atoms with Crippen LogP contribution in [-0.4, -0.2) is 96.7 Å². The fourth-order valence-electron chi connectivity index (χ4n) is 10.4. The number of carbonyl (C=O) groups excluding carboxylic acids is 4. The molecule has 0 bridgehead atoms. The largest absolute Gasteiger partial charge is 0.472 e. The monoisotopic (exact) mass is 1310 g/mol. The van der Waals surface area contributed by atoms with Crippen LogP contribution in [0.3, 0.4) is 0 Å². The normalized spacial score (nSPS) is 14.9. The van der Waals surface area contributed by atoms with Gasteiger partial charge in [0.1, 0.15) is 19.3 Å². The van der Waals surface area contributed by atoms with Crippen molar-refractivity contribution in [3.63, 3.8) is 0 Å². The Balaban J connectivity index is 5.27. The molecular weight excluding hydrogens is 1170 g/mol. The van der Waals surface area contributed by atoms with E-state index in [1.54, 1.807) is 0 Å². The molecule has 17 nitrogen and oxygen atoms in total. The van der Waals surface area contributed by atoms with Crippen LogP contribution in [0, 0.1) is 23.7 Å². The van der Waals surface area contributed by atoms with Crippen molar-refractivity contribution >= 4 is 39.5 Å². The summed E-state index contributed by atoms with van der Waals surface area (Å²) in [5.41, 5.74) is 0. The highest BCUT2D eigenvalue weighted by atomic mass is 31.2. The molecular formula is C70H136O17P2. The fourth-order valence-corrected chi connectivity index (χ4v) is 12.0. The molecule has 0 aliphatic heterocycles. The van der Waals surface area contributed by atoms with Gasteiger partial charge in [-0.3, -0.25) is 37.3 Å². The number of phosphoric ester groups is 2. The predicted octanol–water partition coefficient (Wildman–Crippen LogP) is 19.7. The molecule has 3 N–H and O–H groups in total. The second-order valence-electron chi connectivity index (χ2n) is 26.7. The van der Waals surface area contributed by atoms with Gasteiger partial charge in [-0.2, -0.15) is 0 Å². The van der Waals surface area contributed by atoms with Crippen LogP contribution in [-0.2, 0) is 65.4 Å². The first kappa shape index (κ1) is 87.1. The zero-order valence-corrected chi connectivity index (χ0v) is 59.8. The topological polar surface area (TPSA) is 237 Å². The minimum Gasteiger partial charge on any atom is -0.462 e. The van der Waals surface area contributed by atoms with Gasteiger partial charge in [0, 0.05) is 25.7 Å². The molecule has 0 radical (unpaired) electrons. The SMILES string of the molecule is CCC(C)CCCCCCCCCCCCC(=O)O[C@H](COC(=O)CCCCCCCCCCCCCC(C)C)COP(=O)(O)OC[C@@H](O)COP(=O)(O)OC[C@@H](COC(=O)CCCCCCCCC(C)CC)OC(=O)CCCCCCCCCCC(C)C. The van der Waals surface area contributed by atoms with Gasteiger partial charge in [0.05, 0.1) is 26.4 Å². The first-order chi connectivity index (χ1) is 42.7. The van der Waals surface area contributed by atoms with Gasteiger partial charge < -0.3 is 33.8 Å². The molecule has 0 aliphatic carbocycles. The molecule has 0 saturated carbocycles. The van der Waals surface area contributed by atoms with Crippen LogP contribution < -0.4 is 0 Å². The lowest BCUT2D eigenvalue weighted by Crippen LogP contribution is -2.30. The average Bonchev–Trinajstić information content (AvgIpc) is 3.54. The summed E-state index contributed by atoms with van der Waals surface area (Å²) in [6, 6.07) is 0. The van der Waals surface area contributed by atoms with Crippen molar-refractivity contribution < 1.29 is 80.2 Å². The third-order valence-electron chi connectivity index (χ3n) is 16.8. The van der Waals surface area contributed by atoms with Crippen LogP contribution in [0.1, 0.15) is 344 Å². The van der Waals surface area contributed by atoms with Crippen LogP contribution in [0.15, 0.2) is 0 Å². The lowest BCUT2D eigenvalue weighted by atomic mass is 9.99. The van der Waals surface area contributed by atoms with E-state index in [0.717, 1.165) is 120 Å². The van der Waals surface area contributed by atoms with E-state index >= 15 is 0 Å². The maximum Gasteiger partial charge on any atom is 0.472 e. The third kappa shape index (κ3) is 62.0. The Labute approximate surface area is 543 Å². The minimum atomic E-state index is -4.95. The number of rotatable bonds is 67. The number of unbranched alkanes of at least 4 members (excludes halogenated alkanes) is 31. The van der Waals surface area contributed by atoms with E-state index in [0.29, 0.717) is 25.7 Å². The summed E-state index contributed by atoms with van der Waals surface area (Å²) in [6.07, 6.45) is 41.6. The summed E-state index contributed by atoms with van der Waals surface area (Å²) in [4.78, 5) is 72.5. The van der Waals surface area contributed by atoms with E-state index in [9.17, 15) is 43.2 Å². The first-order valence-corrected chi connectivity index (χ1v) is 39.3. The Hall–Kier alpha value is -1.94.